The molecule has 23 heavy (non-hydrogen) atoms. The standard InChI is InChI=1S/C18H25N3O2/c22-17(20-12-13-7-9-19-10-8-13)15-11-16(15)18(23)21-14-5-3-1-2-4-6-14/h7-10,14-16H,1-6,11-12H2,(H,20,22)(H,21,23). The Hall–Kier alpha value is -1.91. The highest BCUT2D eigenvalue weighted by Gasteiger charge is 2.48. The van der Waals surface area contributed by atoms with E-state index in [9.17, 15) is 9.59 Å². The molecule has 1 aromatic heterocycles. The smallest absolute Gasteiger partial charge is 0.224 e. The zero-order valence-electron chi connectivity index (χ0n) is 13.5. The van der Waals surface area contributed by atoms with Crippen molar-refractivity contribution in [1.82, 2.24) is 15.6 Å². The molecule has 0 aliphatic heterocycles. The summed E-state index contributed by atoms with van der Waals surface area (Å²) in [6, 6.07) is 4.07. The van der Waals surface area contributed by atoms with E-state index in [-0.39, 0.29) is 23.7 Å². The summed E-state index contributed by atoms with van der Waals surface area (Å²) in [6.07, 6.45) is 11.2. The second-order valence-corrected chi connectivity index (χ2v) is 6.72. The molecule has 1 heterocycles. The molecule has 2 aliphatic rings. The quantitative estimate of drug-likeness (QED) is 0.818. The number of amides is 2. The molecular weight excluding hydrogens is 290 g/mol. The normalized spacial score (nSPS) is 24.5. The lowest BCUT2D eigenvalue weighted by Crippen LogP contribution is -2.36. The predicted molar refractivity (Wildman–Crippen MR) is 87.3 cm³/mol. The highest BCUT2D eigenvalue weighted by Crippen LogP contribution is 2.39. The first-order valence-corrected chi connectivity index (χ1v) is 8.71. The van der Waals surface area contributed by atoms with Crippen LogP contribution in [0.2, 0.25) is 0 Å². The van der Waals surface area contributed by atoms with Crippen molar-refractivity contribution in [2.75, 3.05) is 0 Å². The second kappa shape index (κ2) is 7.57. The van der Waals surface area contributed by atoms with E-state index in [0.717, 1.165) is 18.4 Å². The van der Waals surface area contributed by atoms with E-state index in [1.807, 2.05) is 12.1 Å². The molecule has 2 atom stereocenters. The van der Waals surface area contributed by atoms with Crippen LogP contribution in [-0.4, -0.2) is 22.8 Å². The molecular formula is C18H25N3O2. The lowest BCUT2D eigenvalue weighted by atomic mass is 10.1. The van der Waals surface area contributed by atoms with Crippen molar-refractivity contribution < 1.29 is 9.59 Å². The van der Waals surface area contributed by atoms with Crippen molar-refractivity contribution in [3.63, 3.8) is 0 Å². The van der Waals surface area contributed by atoms with Crippen LogP contribution in [0.25, 0.3) is 0 Å². The van der Waals surface area contributed by atoms with Gasteiger partial charge in [-0.25, -0.2) is 0 Å². The minimum atomic E-state index is -0.150. The van der Waals surface area contributed by atoms with Crippen LogP contribution in [0.5, 0.6) is 0 Å². The van der Waals surface area contributed by atoms with E-state index in [4.69, 9.17) is 0 Å². The van der Waals surface area contributed by atoms with Gasteiger partial charge in [0.15, 0.2) is 0 Å². The van der Waals surface area contributed by atoms with E-state index in [1.54, 1.807) is 12.4 Å². The molecule has 2 unspecified atom stereocenters. The minimum absolute atomic E-state index is 0.0113. The first-order valence-electron chi connectivity index (χ1n) is 8.71. The van der Waals surface area contributed by atoms with Crippen LogP contribution in [0, 0.1) is 11.8 Å². The van der Waals surface area contributed by atoms with Gasteiger partial charge in [0.2, 0.25) is 11.8 Å². The van der Waals surface area contributed by atoms with Gasteiger partial charge in [-0.15, -0.1) is 0 Å². The number of hydrogen-bond donors (Lipinski definition) is 2. The molecule has 2 saturated carbocycles. The summed E-state index contributed by atoms with van der Waals surface area (Å²) in [6.45, 7) is 0.495. The second-order valence-electron chi connectivity index (χ2n) is 6.72. The van der Waals surface area contributed by atoms with Gasteiger partial charge in [0.05, 0.1) is 11.8 Å². The molecule has 2 fully saturated rings. The fourth-order valence-electron chi connectivity index (χ4n) is 3.33. The fourth-order valence-corrected chi connectivity index (χ4v) is 3.33. The Kier molecular flexibility index (Phi) is 5.26. The van der Waals surface area contributed by atoms with Gasteiger partial charge in [-0.2, -0.15) is 0 Å². The van der Waals surface area contributed by atoms with Gasteiger partial charge in [-0.3, -0.25) is 14.6 Å². The summed E-state index contributed by atoms with van der Waals surface area (Å²) >= 11 is 0. The maximum atomic E-state index is 12.3. The van der Waals surface area contributed by atoms with E-state index >= 15 is 0 Å². The molecule has 0 saturated heterocycles. The van der Waals surface area contributed by atoms with Gasteiger partial charge in [0.25, 0.3) is 0 Å². The van der Waals surface area contributed by atoms with Crippen molar-refractivity contribution in [2.24, 2.45) is 11.8 Å². The van der Waals surface area contributed by atoms with Crippen LogP contribution in [0.3, 0.4) is 0 Å². The van der Waals surface area contributed by atoms with Crippen molar-refractivity contribution in [3.8, 4) is 0 Å². The number of nitrogens with zero attached hydrogens (tertiary/aromatic N) is 1. The Morgan fingerprint density at radius 1 is 1.00 bits per heavy atom. The third-order valence-corrected chi connectivity index (χ3v) is 4.88. The van der Waals surface area contributed by atoms with Crippen LogP contribution in [0.1, 0.15) is 50.5 Å². The number of carbonyl (C=O) groups excluding carboxylic acids is 2. The van der Waals surface area contributed by atoms with Gasteiger partial charge in [0.1, 0.15) is 0 Å². The van der Waals surface area contributed by atoms with E-state index < -0.39 is 0 Å². The largest absolute Gasteiger partial charge is 0.353 e. The van der Waals surface area contributed by atoms with Crippen molar-refractivity contribution in [1.29, 1.82) is 0 Å². The number of aromatic nitrogens is 1. The summed E-state index contributed by atoms with van der Waals surface area (Å²) in [7, 11) is 0. The van der Waals surface area contributed by atoms with Crippen LogP contribution < -0.4 is 10.6 Å². The Morgan fingerprint density at radius 2 is 1.65 bits per heavy atom. The van der Waals surface area contributed by atoms with Crippen LogP contribution in [0.4, 0.5) is 0 Å². The maximum absolute atomic E-state index is 12.3. The van der Waals surface area contributed by atoms with E-state index in [2.05, 4.69) is 15.6 Å². The molecule has 0 spiro atoms. The third-order valence-electron chi connectivity index (χ3n) is 4.88. The van der Waals surface area contributed by atoms with E-state index in [1.165, 1.54) is 25.7 Å². The molecule has 2 N–H and O–H groups in total. The summed E-state index contributed by atoms with van der Waals surface area (Å²) < 4.78 is 0. The maximum Gasteiger partial charge on any atom is 0.224 e. The Balaban J connectivity index is 1.41. The minimum Gasteiger partial charge on any atom is -0.353 e. The number of pyridine rings is 1. The topological polar surface area (TPSA) is 71.1 Å². The molecule has 3 rings (SSSR count). The number of carbonyl (C=O) groups is 2. The highest BCUT2D eigenvalue weighted by atomic mass is 16.2. The number of hydrogen-bond acceptors (Lipinski definition) is 3. The molecule has 2 amide bonds. The molecule has 2 aliphatic carbocycles. The monoisotopic (exact) mass is 315 g/mol. The van der Waals surface area contributed by atoms with E-state index in [0.29, 0.717) is 19.0 Å². The average molecular weight is 315 g/mol. The van der Waals surface area contributed by atoms with Crippen LogP contribution in [-0.2, 0) is 16.1 Å². The lowest BCUT2D eigenvalue weighted by Gasteiger charge is -2.16. The molecule has 5 nitrogen and oxygen atoms in total. The molecule has 5 heteroatoms. The number of rotatable bonds is 5. The Morgan fingerprint density at radius 3 is 2.35 bits per heavy atom. The SMILES string of the molecule is O=C(NCc1ccncc1)C1CC1C(=O)NC1CCCCCC1. The summed E-state index contributed by atoms with van der Waals surface area (Å²) in [5.41, 5.74) is 1.02. The molecule has 0 aromatic carbocycles. The first kappa shape index (κ1) is 16.0. The van der Waals surface area contributed by atoms with Crippen molar-refractivity contribution in [2.45, 2.75) is 57.5 Å². The van der Waals surface area contributed by atoms with Crippen LogP contribution in [0.15, 0.2) is 24.5 Å². The zero-order chi connectivity index (χ0) is 16.1. The summed E-state index contributed by atoms with van der Waals surface area (Å²) in [5.74, 6) is -0.220. The fraction of sp³-hybridized carbons (Fsp3) is 0.611. The zero-order valence-corrected chi connectivity index (χ0v) is 13.5. The van der Waals surface area contributed by atoms with Crippen molar-refractivity contribution >= 4 is 11.8 Å². The molecule has 0 radical (unpaired) electrons. The summed E-state index contributed by atoms with van der Waals surface area (Å²) in [4.78, 5) is 28.4. The van der Waals surface area contributed by atoms with Gasteiger partial charge in [0, 0.05) is 25.0 Å². The Bertz CT molecular complexity index is 538. The average Bonchev–Trinajstić information content (AvgIpc) is 3.38. The lowest BCUT2D eigenvalue weighted by molar-refractivity contribution is -0.127. The van der Waals surface area contributed by atoms with Crippen LogP contribution >= 0.6 is 0 Å². The Labute approximate surface area is 137 Å². The summed E-state index contributed by atoms with van der Waals surface area (Å²) in [5, 5.41) is 6.06. The van der Waals surface area contributed by atoms with Gasteiger partial charge in [-0.05, 0) is 37.0 Å². The molecule has 0 bridgehead atoms. The highest BCUT2D eigenvalue weighted by molar-refractivity contribution is 5.92. The van der Waals surface area contributed by atoms with Gasteiger partial charge < -0.3 is 10.6 Å². The molecule has 124 valence electrons. The van der Waals surface area contributed by atoms with Gasteiger partial charge in [-0.1, -0.05) is 25.7 Å². The predicted octanol–water partition coefficient (Wildman–Crippen LogP) is 2.17. The van der Waals surface area contributed by atoms with Gasteiger partial charge >= 0.3 is 0 Å². The number of nitrogens with one attached hydrogen (secondary N) is 2. The first-order chi connectivity index (χ1) is 11.2. The molecule has 1 aromatic rings. The van der Waals surface area contributed by atoms with Crippen molar-refractivity contribution in [3.05, 3.63) is 30.1 Å². The third kappa shape index (κ3) is 4.53.